The van der Waals surface area contributed by atoms with Crippen LogP contribution in [0.25, 0.3) is 0 Å². The van der Waals surface area contributed by atoms with Gasteiger partial charge in [-0.3, -0.25) is 9.59 Å². The Balaban J connectivity index is 1.54. The van der Waals surface area contributed by atoms with E-state index in [4.69, 9.17) is 14.2 Å². The first-order valence-electron chi connectivity index (χ1n) is 9.98. The molecule has 0 aliphatic carbocycles. The number of carbonyl (C=O) groups is 2. The van der Waals surface area contributed by atoms with Crippen LogP contribution < -0.4 is 19.5 Å². The maximum Gasteiger partial charge on any atom is 0.220 e. The van der Waals surface area contributed by atoms with Crippen LogP contribution in [0.2, 0.25) is 0 Å². The summed E-state index contributed by atoms with van der Waals surface area (Å²) in [6.45, 7) is 1.39. The van der Waals surface area contributed by atoms with E-state index in [0.717, 1.165) is 11.3 Å². The second-order valence-corrected chi connectivity index (χ2v) is 7.31. The fourth-order valence-electron chi connectivity index (χ4n) is 3.40. The summed E-state index contributed by atoms with van der Waals surface area (Å²) in [5, 5.41) is 2.94. The van der Waals surface area contributed by atoms with Crippen LogP contribution >= 0.6 is 0 Å². The van der Waals surface area contributed by atoms with E-state index in [2.05, 4.69) is 5.32 Å². The quantitative estimate of drug-likeness (QED) is 0.639. The fraction of sp³-hybridized carbons (Fsp3) is 0.391. The number of hydrogen-bond donors (Lipinski definition) is 1. The Morgan fingerprint density at radius 1 is 1.07 bits per heavy atom. The summed E-state index contributed by atoms with van der Waals surface area (Å²) in [5.74, 6) is 1.72. The van der Waals surface area contributed by atoms with Crippen molar-refractivity contribution < 1.29 is 23.8 Å². The summed E-state index contributed by atoms with van der Waals surface area (Å²) in [6.07, 6.45) is 0.256. The van der Waals surface area contributed by atoms with Gasteiger partial charge in [0.05, 0.1) is 13.2 Å². The fourth-order valence-corrected chi connectivity index (χ4v) is 3.40. The first-order valence-corrected chi connectivity index (χ1v) is 9.98. The Morgan fingerprint density at radius 2 is 1.80 bits per heavy atom. The van der Waals surface area contributed by atoms with E-state index in [9.17, 15) is 9.59 Å². The van der Waals surface area contributed by atoms with Crippen molar-refractivity contribution in [3.63, 3.8) is 0 Å². The van der Waals surface area contributed by atoms with Crippen molar-refractivity contribution in [2.24, 2.45) is 0 Å². The smallest absolute Gasteiger partial charge is 0.220 e. The molecule has 1 N–H and O–H groups in total. The van der Waals surface area contributed by atoms with Crippen molar-refractivity contribution in [3.05, 3.63) is 53.6 Å². The third-order valence-corrected chi connectivity index (χ3v) is 5.06. The zero-order valence-electron chi connectivity index (χ0n) is 17.6. The van der Waals surface area contributed by atoms with Crippen LogP contribution in [-0.2, 0) is 4.79 Å². The van der Waals surface area contributed by atoms with Gasteiger partial charge in [0.1, 0.15) is 19.0 Å². The Hall–Kier alpha value is -3.06. The van der Waals surface area contributed by atoms with Crippen LogP contribution in [0.5, 0.6) is 17.2 Å². The summed E-state index contributed by atoms with van der Waals surface area (Å²) in [7, 11) is 5.54. The monoisotopic (exact) mass is 412 g/mol. The first kappa shape index (κ1) is 21.6. The molecule has 0 fully saturated rings. The first-order chi connectivity index (χ1) is 14.5. The zero-order chi connectivity index (χ0) is 21.5. The number of hydrogen-bond acceptors (Lipinski definition) is 6. The van der Waals surface area contributed by atoms with Crippen LogP contribution in [-0.4, -0.2) is 57.6 Å². The molecule has 3 rings (SSSR count). The molecule has 2 aromatic carbocycles. The predicted molar refractivity (Wildman–Crippen MR) is 113 cm³/mol. The number of nitrogens with zero attached hydrogens (tertiary/aromatic N) is 1. The number of ketones is 1. The number of methoxy groups -OCH3 is 1. The highest BCUT2D eigenvalue weighted by Crippen LogP contribution is 2.31. The molecule has 160 valence electrons. The lowest BCUT2D eigenvalue weighted by Gasteiger charge is -2.26. The van der Waals surface area contributed by atoms with Gasteiger partial charge in [-0.1, -0.05) is 18.2 Å². The molecule has 0 saturated heterocycles. The largest absolute Gasteiger partial charge is 0.496 e. The number of Topliss-reactive ketones (excluding diaryl/α,β-unsaturated/α-hetero) is 1. The van der Waals surface area contributed by atoms with Gasteiger partial charge in [-0.15, -0.1) is 0 Å². The lowest BCUT2D eigenvalue weighted by molar-refractivity contribution is -0.121. The summed E-state index contributed by atoms with van der Waals surface area (Å²) in [6, 6.07) is 12.8. The molecule has 0 spiro atoms. The molecule has 1 aliphatic rings. The van der Waals surface area contributed by atoms with Gasteiger partial charge in [0.25, 0.3) is 0 Å². The standard InChI is InChI=1S/C23H28N2O5/c1-25(2)18(17-6-4-5-7-20(17)28-3)15-24-23(27)11-9-19(26)16-8-10-21-22(14-16)30-13-12-29-21/h4-8,10,14,18H,9,11-13,15H2,1-3H3,(H,24,27). The minimum Gasteiger partial charge on any atom is -0.496 e. The van der Waals surface area contributed by atoms with Crippen molar-refractivity contribution in [1.82, 2.24) is 10.2 Å². The molecular formula is C23H28N2O5. The van der Waals surface area contributed by atoms with Gasteiger partial charge in [-0.25, -0.2) is 0 Å². The van der Waals surface area contributed by atoms with Crippen molar-refractivity contribution >= 4 is 11.7 Å². The predicted octanol–water partition coefficient (Wildman–Crippen LogP) is 2.85. The van der Waals surface area contributed by atoms with E-state index in [1.165, 1.54) is 0 Å². The van der Waals surface area contributed by atoms with Crippen LogP contribution in [0.1, 0.15) is 34.8 Å². The Bertz CT molecular complexity index is 897. The van der Waals surface area contributed by atoms with Gasteiger partial charge in [-0.05, 0) is 38.4 Å². The highest BCUT2D eigenvalue weighted by atomic mass is 16.6. The molecule has 0 aromatic heterocycles. The number of amides is 1. The number of carbonyl (C=O) groups excluding carboxylic acids is 2. The summed E-state index contributed by atoms with van der Waals surface area (Å²) < 4.78 is 16.4. The van der Waals surface area contributed by atoms with Crippen molar-refractivity contribution in [1.29, 1.82) is 0 Å². The molecule has 0 saturated carbocycles. The van der Waals surface area contributed by atoms with Crippen molar-refractivity contribution in [3.8, 4) is 17.2 Å². The van der Waals surface area contributed by atoms with E-state index in [-0.39, 0.29) is 30.6 Å². The molecule has 0 radical (unpaired) electrons. The van der Waals surface area contributed by atoms with Crippen LogP contribution in [0, 0.1) is 0 Å². The minimum absolute atomic E-state index is 0.0430. The summed E-state index contributed by atoms with van der Waals surface area (Å²) >= 11 is 0. The van der Waals surface area contributed by atoms with Gasteiger partial charge in [-0.2, -0.15) is 0 Å². The molecule has 1 unspecified atom stereocenters. The van der Waals surface area contributed by atoms with Gasteiger partial charge in [0, 0.05) is 30.5 Å². The molecule has 7 nitrogen and oxygen atoms in total. The van der Waals surface area contributed by atoms with Gasteiger partial charge in [0.15, 0.2) is 17.3 Å². The number of fused-ring (bicyclic) bond motifs is 1. The van der Waals surface area contributed by atoms with E-state index in [1.54, 1.807) is 25.3 Å². The van der Waals surface area contributed by atoms with E-state index in [1.807, 2.05) is 43.3 Å². The number of para-hydroxylation sites is 1. The van der Waals surface area contributed by atoms with Crippen LogP contribution in [0.15, 0.2) is 42.5 Å². The van der Waals surface area contributed by atoms with Crippen LogP contribution in [0.4, 0.5) is 0 Å². The highest BCUT2D eigenvalue weighted by Gasteiger charge is 2.20. The normalized spacial score (nSPS) is 13.6. The lowest BCUT2D eigenvalue weighted by atomic mass is 10.0. The van der Waals surface area contributed by atoms with E-state index in [0.29, 0.717) is 36.8 Å². The number of nitrogens with one attached hydrogen (secondary N) is 1. The minimum atomic E-state index is -0.164. The Labute approximate surface area is 176 Å². The SMILES string of the molecule is COc1ccccc1C(CNC(=O)CCC(=O)c1ccc2c(c1)OCCO2)N(C)C. The molecule has 1 aliphatic heterocycles. The second kappa shape index (κ2) is 10.1. The molecule has 30 heavy (non-hydrogen) atoms. The molecule has 2 aromatic rings. The highest BCUT2D eigenvalue weighted by molar-refractivity contribution is 5.98. The van der Waals surface area contributed by atoms with Gasteiger partial charge in [0.2, 0.25) is 5.91 Å². The van der Waals surface area contributed by atoms with Crippen molar-refractivity contribution in [2.45, 2.75) is 18.9 Å². The van der Waals surface area contributed by atoms with E-state index >= 15 is 0 Å². The summed E-state index contributed by atoms with van der Waals surface area (Å²) in [5.41, 5.74) is 1.52. The number of likely N-dealkylation sites (N-methyl/N-ethyl adjacent to an activating group) is 1. The average Bonchev–Trinajstić information content (AvgIpc) is 2.77. The molecule has 1 amide bonds. The number of benzene rings is 2. The third-order valence-electron chi connectivity index (χ3n) is 5.06. The lowest BCUT2D eigenvalue weighted by Crippen LogP contribution is -2.34. The molecule has 0 bridgehead atoms. The molecule has 1 atom stereocenters. The number of ether oxygens (including phenoxy) is 3. The van der Waals surface area contributed by atoms with Crippen LogP contribution in [0.3, 0.4) is 0 Å². The maximum absolute atomic E-state index is 12.5. The zero-order valence-corrected chi connectivity index (χ0v) is 17.6. The molecule has 1 heterocycles. The Morgan fingerprint density at radius 3 is 2.53 bits per heavy atom. The topological polar surface area (TPSA) is 77.1 Å². The van der Waals surface area contributed by atoms with Gasteiger partial charge < -0.3 is 24.4 Å². The van der Waals surface area contributed by atoms with Gasteiger partial charge >= 0.3 is 0 Å². The molecular weight excluding hydrogens is 384 g/mol. The maximum atomic E-state index is 12.5. The number of rotatable bonds is 9. The third kappa shape index (κ3) is 5.30. The summed E-state index contributed by atoms with van der Waals surface area (Å²) in [4.78, 5) is 26.9. The Kier molecular flexibility index (Phi) is 7.30. The average molecular weight is 412 g/mol. The van der Waals surface area contributed by atoms with Crippen molar-refractivity contribution in [2.75, 3.05) is 41.0 Å². The van der Waals surface area contributed by atoms with E-state index < -0.39 is 0 Å². The molecule has 7 heteroatoms. The second-order valence-electron chi connectivity index (χ2n) is 7.31.